The first-order valence-corrected chi connectivity index (χ1v) is 23.5. The van der Waals surface area contributed by atoms with Crippen LogP contribution in [-0.4, -0.2) is 101 Å². The van der Waals surface area contributed by atoms with Crippen LogP contribution in [-0.2, 0) is 27.3 Å². The largest absolute Gasteiger partial charge is 0.506 e. The lowest BCUT2D eigenvalue weighted by Gasteiger charge is -2.43. The van der Waals surface area contributed by atoms with E-state index < -0.39 is 24.2 Å². The number of amides is 2. The van der Waals surface area contributed by atoms with Crippen molar-refractivity contribution in [3.63, 3.8) is 0 Å². The molecule has 3 saturated heterocycles. The molecule has 0 aliphatic carbocycles. The fourth-order valence-electron chi connectivity index (χ4n) is 9.07. The van der Waals surface area contributed by atoms with Crippen molar-refractivity contribution in [2.75, 3.05) is 52.4 Å². The molecule has 0 saturated carbocycles. The predicted molar refractivity (Wildman–Crippen MR) is 258 cm³/mol. The number of aliphatic hydroxyl groups is 1. The normalized spacial score (nSPS) is 17.2. The highest BCUT2D eigenvalue weighted by atomic mass is 16.6. The summed E-state index contributed by atoms with van der Waals surface area (Å²) in [5, 5.41) is 28.1. The summed E-state index contributed by atoms with van der Waals surface area (Å²) in [5.41, 5.74) is 4.43. The van der Waals surface area contributed by atoms with E-state index in [9.17, 15) is 29.4 Å². The van der Waals surface area contributed by atoms with Crippen molar-refractivity contribution >= 4 is 28.9 Å². The van der Waals surface area contributed by atoms with Crippen LogP contribution in [0.2, 0.25) is 0 Å². The van der Waals surface area contributed by atoms with Gasteiger partial charge in [-0.2, -0.15) is 0 Å². The van der Waals surface area contributed by atoms with Crippen LogP contribution in [0.25, 0.3) is 10.9 Å². The number of nitrogens with one attached hydrogen (secondary N) is 3. The third kappa shape index (κ3) is 12.7. The number of piperidine rings is 3. The number of fused-ring (bicyclic) bond motifs is 4. The highest BCUT2D eigenvalue weighted by Crippen LogP contribution is 2.32. The van der Waals surface area contributed by atoms with Gasteiger partial charge in [0, 0.05) is 37.6 Å². The van der Waals surface area contributed by atoms with Gasteiger partial charge >= 0.3 is 12.1 Å². The fourth-order valence-corrected chi connectivity index (χ4v) is 9.07. The summed E-state index contributed by atoms with van der Waals surface area (Å²) in [4.78, 5) is 58.4. The van der Waals surface area contributed by atoms with Crippen molar-refractivity contribution in [1.82, 2.24) is 25.4 Å². The number of ether oxygens (including phenoxy) is 3. The number of esters is 1. The molecule has 2 bridgehead atoms. The molecular formula is C54H59N5O9. The van der Waals surface area contributed by atoms with Crippen LogP contribution in [0.5, 0.6) is 11.5 Å². The molecule has 3 fully saturated rings. The lowest BCUT2D eigenvalue weighted by molar-refractivity contribution is -0.130. The molecule has 9 rings (SSSR count). The van der Waals surface area contributed by atoms with E-state index in [2.05, 4.69) is 20.5 Å². The summed E-state index contributed by atoms with van der Waals surface area (Å²) in [5.74, 6) is 0.461. The van der Waals surface area contributed by atoms with Gasteiger partial charge in [-0.1, -0.05) is 91.0 Å². The van der Waals surface area contributed by atoms with E-state index in [1.165, 1.54) is 12.1 Å². The average Bonchev–Trinajstić information content (AvgIpc) is 3.36. The number of carbonyl (C=O) groups excluding carboxylic acids is 3. The summed E-state index contributed by atoms with van der Waals surface area (Å²) in [6.45, 7) is 4.89. The Morgan fingerprint density at radius 3 is 2.29 bits per heavy atom. The molecule has 14 nitrogen and oxygen atoms in total. The molecule has 3 aliphatic heterocycles. The minimum absolute atomic E-state index is 0.0381. The third-order valence-corrected chi connectivity index (χ3v) is 12.8. The Bertz CT molecular complexity index is 2670. The first-order chi connectivity index (χ1) is 33.2. The van der Waals surface area contributed by atoms with Gasteiger partial charge in [0.05, 0.1) is 36.3 Å². The highest BCUT2D eigenvalue weighted by Gasteiger charge is 2.37. The van der Waals surface area contributed by atoms with Gasteiger partial charge in [-0.15, -0.1) is 0 Å². The zero-order valence-electron chi connectivity index (χ0n) is 38.1. The molecule has 6 aromatic rings. The second kappa shape index (κ2) is 23.1. The molecule has 2 unspecified atom stereocenters. The van der Waals surface area contributed by atoms with Crippen LogP contribution in [0.4, 0.5) is 4.79 Å². The molecule has 354 valence electrons. The number of aromatic nitrogens is 1. The fraction of sp³-hybridized carbons (Fsp3) is 0.333. The van der Waals surface area contributed by atoms with Crippen LogP contribution >= 0.6 is 0 Å². The lowest BCUT2D eigenvalue weighted by atomic mass is 9.86. The molecule has 0 radical (unpaired) electrons. The van der Waals surface area contributed by atoms with Crippen LogP contribution in [0.15, 0.2) is 138 Å². The van der Waals surface area contributed by atoms with Gasteiger partial charge in [0.15, 0.2) is 0 Å². The van der Waals surface area contributed by atoms with E-state index in [1.54, 1.807) is 29.2 Å². The number of rotatable bonds is 21. The second-order valence-electron chi connectivity index (χ2n) is 17.5. The summed E-state index contributed by atoms with van der Waals surface area (Å²) in [6.07, 6.45) is 1.97. The number of hydrogen-bond acceptors (Lipinski definition) is 11. The zero-order valence-corrected chi connectivity index (χ0v) is 38.1. The summed E-state index contributed by atoms with van der Waals surface area (Å²) in [7, 11) is 0. The van der Waals surface area contributed by atoms with Gasteiger partial charge in [0.25, 0.3) is 0 Å². The number of nitrogens with zero attached hydrogens (tertiary/aromatic N) is 2. The Kier molecular flexibility index (Phi) is 16.2. The van der Waals surface area contributed by atoms with Crippen molar-refractivity contribution < 1.29 is 38.8 Å². The molecule has 2 amide bonds. The van der Waals surface area contributed by atoms with E-state index >= 15 is 0 Å². The Morgan fingerprint density at radius 1 is 0.809 bits per heavy atom. The van der Waals surface area contributed by atoms with Crippen LogP contribution < -0.4 is 20.9 Å². The minimum atomic E-state index is -0.899. The number of pyridine rings is 1. The number of alkyl carbamates (subject to hydrolysis) is 1. The first kappa shape index (κ1) is 47.5. The van der Waals surface area contributed by atoms with E-state index in [4.69, 9.17) is 14.2 Å². The second-order valence-corrected chi connectivity index (χ2v) is 17.5. The standard InChI is InChI=1S/C54H59N5O9/c60-46-22-20-44(45-21-23-49(62)56-52(45)46)47(61)34-55-26-8-27-59(50(63)32-37-10-3-1-4-11-37)28-9-31-66-53(64)41-18-16-38(17-19-41)36-67-43-15-7-14-42(33-43)51(40-12-5-2-6-13-40)57-54(65)68-48-35-58-29-24-39(48)25-30-58/h1-7,10-23,33,39,47-48,51,55,60-61H,8-9,24-32,34-36H2,(H,56,62)(H,57,65)/t47?,48?,51-/m0/s1. The van der Waals surface area contributed by atoms with Gasteiger partial charge in [-0.3, -0.25) is 14.5 Å². The predicted octanol–water partition coefficient (Wildman–Crippen LogP) is 7.05. The van der Waals surface area contributed by atoms with Crippen molar-refractivity contribution in [3.05, 3.63) is 177 Å². The number of hydrogen-bond donors (Lipinski definition) is 5. The number of aromatic amines is 1. The number of aliphatic hydroxyl groups excluding tert-OH is 1. The van der Waals surface area contributed by atoms with E-state index in [0.717, 1.165) is 54.7 Å². The molecule has 14 heteroatoms. The van der Waals surface area contributed by atoms with Crippen LogP contribution in [0.1, 0.15) is 76.0 Å². The van der Waals surface area contributed by atoms with Gasteiger partial charge in [-0.25, -0.2) is 9.59 Å². The average molecular weight is 922 g/mol. The number of H-pyrrole nitrogens is 1. The van der Waals surface area contributed by atoms with E-state index in [1.807, 2.05) is 97.1 Å². The van der Waals surface area contributed by atoms with Gasteiger partial charge < -0.3 is 44.9 Å². The number of aromatic hydroxyl groups is 1. The molecule has 1 aromatic heterocycles. The highest BCUT2D eigenvalue weighted by molar-refractivity contribution is 5.89. The van der Waals surface area contributed by atoms with Crippen molar-refractivity contribution in [3.8, 4) is 11.5 Å². The Hall–Kier alpha value is -7.00. The SMILES string of the molecule is O=C(N[C@@H](c1ccccc1)c1cccc(OCc2ccc(C(=O)OCCCN(CCCNCC(O)c3ccc(O)c4[nH]c(=O)ccc34)C(=O)Cc3ccccc3)cc2)c1)OC1CN2CCC1CC2. The minimum Gasteiger partial charge on any atom is -0.506 e. The summed E-state index contributed by atoms with van der Waals surface area (Å²) < 4.78 is 17.8. The van der Waals surface area contributed by atoms with E-state index in [-0.39, 0.29) is 55.0 Å². The van der Waals surface area contributed by atoms with Crippen molar-refractivity contribution in [2.45, 2.75) is 57.0 Å². The zero-order chi connectivity index (χ0) is 47.2. The third-order valence-electron chi connectivity index (χ3n) is 12.8. The lowest BCUT2D eigenvalue weighted by Crippen LogP contribution is -2.52. The maximum absolute atomic E-state index is 13.5. The quantitative estimate of drug-likeness (QED) is 0.0369. The number of benzene rings is 5. The molecule has 3 atom stereocenters. The smallest absolute Gasteiger partial charge is 0.408 e. The van der Waals surface area contributed by atoms with Crippen molar-refractivity contribution in [1.29, 1.82) is 0 Å². The van der Waals surface area contributed by atoms with Gasteiger partial charge in [0.1, 0.15) is 24.2 Å². The molecule has 4 heterocycles. The Balaban J connectivity index is 0.796. The molecule has 68 heavy (non-hydrogen) atoms. The maximum atomic E-state index is 13.5. The topological polar surface area (TPSA) is 183 Å². The molecule has 5 aromatic carbocycles. The van der Waals surface area contributed by atoms with Gasteiger partial charge in [-0.05, 0) is 115 Å². The van der Waals surface area contributed by atoms with Gasteiger partial charge in [0.2, 0.25) is 11.5 Å². The van der Waals surface area contributed by atoms with Crippen LogP contribution in [0, 0.1) is 5.92 Å². The maximum Gasteiger partial charge on any atom is 0.408 e. The number of phenols is 1. The molecular weight excluding hydrogens is 863 g/mol. The summed E-state index contributed by atoms with van der Waals surface area (Å²) >= 11 is 0. The van der Waals surface area contributed by atoms with Crippen molar-refractivity contribution in [2.24, 2.45) is 5.92 Å². The Labute approximate surface area is 395 Å². The molecule has 3 aliphatic rings. The van der Waals surface area contributed by atoms with Crippen LogP contribution in [0.3, 0.4) is 0 Å². The molecule has 5 N–H and O–H groups in total. The first-order valence-electron chi connectivity index (χ1n) is 23.5. The monoisotopic (exact) mass is 921 g/mol. The van der Waals surface area contributed by atoms with E-state index in [0.29, 0.717) is 60.7 Å². The number of phenolic OH excluding ortho intramolecular Hbond substituents is 1. The summed E-state index contributed by atoms with van der Waals surface area (Å²) in [6, 6.07) is 39.6. The number of carbonyl (C=O) groups is 3. The Morgan fingerprint density at radius 2 is 1.54 bits per heavy atom. The molecule has 0 spiro atoms.